The minimum absolute atomic E-state index is 0.365. The average molecular weight is 198 g/mol. The maximum atomic E-state index is 5.24. The molecule has 0 fully saturated rings. The minimum atomic E-state index is -1.53. The Labute approximate surface area is 72.8 Å². The van der Waals surface area contributed by atoms with Crippen molar-refractivity contribution in [3.05, 3.63) is 0 Å². The van der Waals surface area contributed by atoms with Crippen LogP contribution in [-0.2, 0) is 12.5 Å². The maximum absolute atomic E-state index is 5.24. The maximum Gasteiger partial charge on any atom is 0.159 e. The quantitative estimate of drug-likeness (QED) is 0.604. The lowest BCUT2D eigenvalue weighted by Gasteiger charge is -2.33. The third-order valence-electron chi connectivity index (χ3n) is 1.51. The summed E-state index contributed by atoms with van der Waals surface area (Å²) in [6, 6.07) is 1.21. The highest BCUT2D eigenvalue weighted by atomic mass is 32.5. The van der Waals surface area contributed by atoms with Gasteiger partial charge < -0.3 is 12.5 Å². The highest BCUT2D eigenvalue weighted by Crippen LogP contribution is 2.48. The zero-order valence-electron chi connectivity index (χ0n) is 7.75. The van der Waals surface area contributed by atoms with E-state index < -0.39 is 10.3 Å². The van der Waals surface area contributed by atoms with E-state index >= 15 is 0 Å². The fourth-order valence-corrected chi connectivity index (χ4v) is 5.75. The highest BCUT2D eigenvalue weighted by molar-refractivity contribution is 8.41. The summed E-state index contributed by atoms with van der Waals surface area (Å²) >= 11 is 0. The van der Waals surface area contributed by atoms with Gasteiger partial charge in [0.15, 0.2) is 8.67 Å². The molecule has 0 aromatic carbocycles. The predicted molar refractivity (Wildman–Crippen MR) is 52.3 cm³/mol. The molecular formula is C6H18O3SSi. The normalized spacial score (nSPS) is 14.5. The van der Waals surface area contributed by atoms with Crippen LogP contribution in [0.2, 0.25) is 6.04 Å². The molecule has 0 unspecified atom stereocenters. The zero-order chi connectivity index (χ0) is 8.74. The molecule has 0 aromatic heterocycles. The van der Waals surface area contributed by atoms with Gasteiger partial charge in [0.25, 0.3) is 0 Å². The van der Waals surface area contributed by atoms with Crippen molar-refractivity contribution in [3.8, 4) is 0 Å². The van der Waals surface area contributed by atoms with E-state index in [0.29, 0.717) is 0 Å². The summed E-state index contributed by atoms with van der Waals surface area (Å²) in [5.41, 5.74) is 0. The van der Waals surface area contributed by atoms with Crippen LogP contribution in [0, 0.1) is 0 Å². The summed E-state index contributed by atoms with van der Waals surface area (Å²) in [6.07, 6.45) is 1.19. The van der Waals surface area contributed by atoms with Gasteiger partial charge in [-0.15, -0.1) is 0 Å². The van der Waals surface area contributed by atoms with Gasteiger partial charge in [-0.2, -0.15) is 0 Å². The molecule has 3 nitrogen and oxygen atoms in total. The van der Waals surface area contributed by atoms with Gasteiger partial charge in [0.1, 0.15) is 0 Å². The van der Waals surface area contributed by atoms with Crippen LogP contribution in [0.3, 0.4) is 0 Å². The van der Waals surface area contributed by atoms with Crippen molar-refractivity contribution < 1.29 is 12.5 Å². The molecule has 0 radical (unpaired) electrons. The Balaban J connectivity index is 3.84. The third-order valence-corrected chi connectivity index (χ3v) is 9.02. The molecule has 0 bridgehead atoms. The molecule has 0 rings (SSSR count). The summed E-state index contributed by atoms with van der Waals surface area (Å²) in [7, 11) is 3.07. The minimum Gasteiger partial charge on any atom is -0.302 e. The van der Waals surface area contributed by atoms with Gasteiger partial charge in [-0.1, -0.05) is 13.3 Å². The van der Waals surface area contributed by atoms with E-state index in [-0.39, 0.29) is 8.67 Å². The molecule has 0 aliphatic carbocycles. The number of hydrogen-bond acceptors (Lipinski definition) is 3. The first-order valence-electron chi connectivity index (χ1n) is 3.72. The Bertz CT molecular complexity index is 89.6. The van der Waals surface area contributed by atoms with Crippen molar-refractivity contribution in [3.63, 3.8) is 0 Å². The van der Waals surface area contributed by atoms with Crippen LogP contribution in [-0.4, -0.2) is 30.0 Å². The summed E-state index contributed by atoms with van der Waals surface area (Å²) in [5, 5.41) is 0. The van der Waals surface area contributed by atoms with Crippen LogP contribution < -0.4 is 0 Å². The van der Waals surface area contributed by atoms with Crippen molar-refractivity contribution >= 4 is 19.0 Å². The van der Waals surface area contributed by atoms with Gasteiger partial charge in [-0.25, -0.2) is 0 Å². The topological polar surface area (TPSA) is 27.7 Å². The largest absolute Gasteiger partial charge is 0.302 e. The lowest BCUT2D eigenvalue weighted by Crippen LogP contribution is -2.13. The molecule has 0 aromatic rings. The van der Waals surface area contributed by atoms with Crippen molar-refractivity contribution in [1.29, 1.82) is 0 Å². The van der Waals surface area contributed by atoms with Gasteiger partial charge in [-0.05, 0) is 6.04 Å². The molecule has 0 aliphatic heterocycles. The van der Waals surface area contributed by atoms with E-state index in [4.69, 9.17) is 12.5 Å². The fraction of sp³-hybridized carbons (Fsp3) is 1.00. The van der Waals surface area contributed by atoms with Gasteiger partial charge in [-0.3, -0.25) is 0 Å². The lowest BCUT2D eigenvalue weighted by atomic mass is 10.6. The van der Waals surface area contributed by atoms with E-state index in [1.165, 1.54) is 12.5 Å². The van der Waals surface area contributed by atoms with Crippen LogP contribution in [0.4, 0.5) is 0 Å². The molecule has 11 heavy (non-hydrogen) atoms. The fourth-order valence-electron chi connectivity index (χ4n) is 0.775. The molecule has 70 valence electrons. The molecule has 0 N–H and O–H groups in total. The second kappa shape index (κ2) is 6.02. The highest BCUT2D eigenvalue weighted by Gasteiger charge is 2.21. The first kappa shape index (κ1) is 11.4. The molecule has 0 spiro atoms. The van der Waals surface area contributed by atoms with E-state index in [2.05, 4.69) is 6.92 Å². The summed E-state index contributed by atoms with van der Waals surface area (Å²) in [5.74, 6) is 0. The van der Waals surface area contributed by atoms with Crippen molar-refractivity contribution in [2.24, 2.45) is 0 Å². The molecule has 5 heteroatoms. The van der Waals surface area contributed by atoms with Crippen molar-refractivity contribution in [1.82, 2.24) is 0 Å². The Morgan fingerprint density at radius 1 is 1.09 bits per heavy atom. The molecular weight excluding hydrogens is 180 g/mol. The summed E-state index contributed by atoms with van der Waals surface area (Å²) in [4.78, 5) is 0. The average Bonchev–Trinajstić information content (AvgIpc) is 2.08. The lowest BCUT2D eigenvalue weighted by molar-refractivity contribution is 0.263. The Hall–Kier alpha value is 0.447. The molecule has 0 amide bonds. The van der Waals surface area contributed by atoms with Gasteiger partial charge >= 0.3 is 0 Å². The van der Waals surface area contributed by atoms with Crippen LogP contribution in [0.15, 0.2) is 0 Å². The first-order valence-corrected chi connectivity index (χ1v) is 8.03. The predicted octanol–water partition coefficient (Wildman–Crippen LogP) is 1.39. The Kier molecular flexibility index (Phi) is 6.26. The standard InChI is InChI=1S/C6H18O3SSi/c1-5-6-11-10(7-2,8-3)9-4/h5-6,11H2,1-4H3. The van der Waals surface area contributed by atoms with E-state index in [1.807, 2.05) is 0 Å². The summed E-state index contributed by atoms with van der Waals surface area (Å²) < 4.78 is 15.7. The molecule has 0 heterocycles. The number of rotatable bonds is 6. The Morgan fingerprint density at radius 3 is 1.82 bits per heavy atom. The smallest absolute Gasteiger partial charge is 0.159 e. The van der Waals surface area contributed by atoms with Crippen LogP contribution >= 0.6 is 10.3 Å². The van der Waals surface area contributed by atoms with Gasteiger partial charge in [0.2, 0.25) is 0 Å². The van der Waals surface area contributed by atoms with Crippen molar-refractivity contribution in [2.45, 2.75) is 19.4 Å². The van der Waals surface area contributed by atoms with E-state index in [9.17, 15) is 0 Å². The molecule has 0 atom stereocenters. The molecule has 0 saturated heterocycles. The Morgan fingerprint density at radius 2 is 1.55 bits per heavy atom. The third kappa shape index (κ3) is 3.57. The van der Waals surface area contributed by atoms with E-state index in [1.54, 1.807) is 21.3 Å². The monoisotopic (exact) mass is 198 g/mol. The van der Waals surface area contributed by atoms with Crippen LogP contribution in [0.1, 0.15) is 13.3 Å². The van der Waals surface area contributed by atoms with E-state index in [0.717, 1.165) is 0 Å². The SMILES string of the molecule is CCC[SiH2]S(OC)(OC)OC. The molecule has 0 saturated carbocycles. The van der Waals surface area contributed by atoms with Crippen LogP contribution in [0.5, 0.6) is 0 Å². The van der Waals surface area contributed by atoms with Crippen LogP contribution in [0.25, 0.3) is 0 Å². The zero-order valence-corrected chi connectivity index (χ0v) is 9.99. The summed E-state index contributed by atoms with van der Waals surface area (Å²) in [6.45, 7) is 2.16. The first-order chi connectivity index (χ1) is 5.24. The van der Waals surface area contributed by atoms with Crippen molar-refractivity contribution in [2.75, 3.05) is 21.3 Å². The number of hydrogen-bond donors (Lipinski definition) is 0. The molecule has 0 aliphatic rings. The second-order valence-electron chi connectivity index (χ2n) is 2.12. The van der Waals surface area contributed by atoms with Gasteiger partial charge in [0.05, 0.1) is 21.3 Å². The second-order valence-corrected chi connectivity index (χ2v) is 8.69. The van der Waals surface area contributed by atoms with Gasteiger partial charge in [0, 0.05) is 10.3 Å².